The highest BCUT2D eigenvalue weighted by atomic mass is 16.2. The Morgan fingerprint density at radius 3 is 2.72 bits per heavy atom. The predicted octanol–water partition coefficient (Wildman–Crippen LogP) is 3.35. The molecule has 1 aromatic rings. The van der Waals surface area contributed by atoms with Gasteiger partial charge in [0.25, 0.3) is 0 Å². The van der Waals surface area contributed by atoms with E-state index in [0.29, 0.717) is 12.3 Å². The van der Waals surface area contributed by atoms with Gasteiger partial charge in [0, 0.05) is 13.0 Å². The zero-order valence-corrected chi connectivity index (χ0v) is 11.2. The van der Waals surface area contributed by atoms with Gasteiger partial charge in [-0.3, -0.25) is 4.79 Å². The van der Waals surface area contributed by atoms with Crippen LogP contribution in [0.15, 0.2) is 43.1 Å². The van der Waals surface area contributed by atoms with Crippen LogP contribution in [0.4, 0.5) is 0 Å². The molecular weight excluding hydrogens is 222 g/mol. The quantitative estimate of drug-likeness (QED) is 0.776. The van der Waals surface area contributed by atoms with Crippen molar-refractivity contribution >= 4 is 5.91 Å². The second-order valence-corrected chi connectivity index (χ2v) is 5.27. The molecule has 2 atom stereocenters. The molecule has 0 heterocycles. The Hall–Kier alpha value is -1.57. The van der Waals surface area contributed by atoms with Crippen molar-refractivity contribution in [2.45, 2.75) is 32.1 Å². The van der Waals surface area contributed by atoms with E-state index >= 15 is 0 Å². The first kappa shape index (κ1) is 12.9. The first-order valence-electron chi connectivity index (χ1n) is 6.59. The molecule has 2 heteroatoms. The molecule has 0 aromatic heterocycles. The summed E-state index contributed by atoms with van der Waals surface area (Å²) >= 11 is 0. The second-order valence-electron chi connectivity index (χ2n) is 5.27. The van der Waals surface area contributed by atoms with Crippen LogP contribution < -0.4 is 0 Å². The van der Waals surface area contributed by atoms with Gasteiger partial charge in [0.05, 0.1) is 0 Å². The standard InChI is InChI=1S/C16H21NO/c1-4-15(18)17(5-2)12-14-11-16(14,3)13-9-7-6-8-10-13/h5-10,14H,2,4,11-12H2,1,3H3. The third kappa shape index (κ3) is 2.33. The van der Waals surface area contributed by atoms with Crippen molar-refractivity contribution in [2.75, 3.05) is 6.54 Å². The third-order valence-corrected chi connectivity index (χ3v) is 4.10. The van der Waals surface area contributed by atoms with Crippen molar-refractivity contribution in [3.8, 4) is 0 Å². The van der Waals surface area contributed by atoms with E-state index in [1.54, 1.807) is 11.1 Å². The van der Waals surface area contributed by atoms with Crippen LogP contribution in [0.5, 0.6) is 0 Å². The average Bonchev–Trinajstić information content (AvgIpc) is 3.08. The lowest BCUT2D eigenvalue weighted by molar-refractivity contribution is -0.128. The summed E-state index contributed by atoms with van der Waals surface area (Å²) in [5, 5.41) is 0. The molecule has 0 N–H and O–H groups in total. The first-order valence-corrected chi connectivity index (χ1v) is 6.59. The number of rotatable bonds is 5. The molecule has 18 heavy (non-hydrogen) atoms. The largest absolute Gasteiger partial charge is 0.319 e. The second kappa shape index (κ2) is 4.97. The Bertz CT molecular complexity index is 440. The van der Waals surface area contributed by atoms with E-state index in [1.807, 2.05) is 13.0 Å². The Balaban J connectivity index is 2.02. The molecule has 0 saturated heterocycles. The fraction of sp³-hybridized carbons (Fsp3) is 0.438. The molecule has 2 rings (SSSR count). The first-order chi connectivity index (χ1) is 8.61. The van der Waals surface area contributed by atoms with Gasteiger partial charge in [0.2, 0.25) is 5.91 Å². The number of carbonyl (C=O) groups excluding carboxylic acids is 1. The molecule has 1 aliphatic rings. The molecule has 1 aliphatic carbocycles. The molecule has 1 amide bonds. The molecule has 96 valence electrons. The van der Waals surface area contributed by atoms with E-state index in [0.717, 1.165) is 13.0 Å². The lowest BCUT2D eigenvalue weighted by Gasteiger charge is -2.19. The number of hydrogen-bond donors (Lipinski definition) is 0. The lowest BCUT2D eigenvalue weighted by atomic mass is 9.95. The molecule has 1 aromatic carbocycles. The molecule has 0 bridgehead atoms. The minimum atomic E-state index is 0.160. The van der Waals surface area contributed by atoms with E-state index in [-0.39, 0.29) is 11.3 Å². The van der Waals surface area contributed by atoms with E-state index in [1.165, 1.54) is 5.56 Å². The molecule has 0 spiro atoms. The monoisotopic (exact) mass is 243 g/mol. The molecule has 0 radical (unpaired) electrons. The maximum absolute atomic E-state index is 11.7. The summed E-state index contributed by atoms with van der Waals surface area (Å²) in [4.78, 5) is 13.5. The smallest absolute Gasteiger partial charge is 0.226 e. The Labute approximate surface area is 109 Å². The van der Waals surface area contributed by atoms with Gasteiger partial charge in [-0.1, -0.05) is 50.8 Å². The predicted molar refractivity (Wildman–Crippen MR) is 74.1 cm³/mol. The summed E-state index contributed by atoms with van der Waals surface area (Å²) in [5.41, 5.74) is 1.61. The number of nitrogens with zero attached hydrogens (tertiary/aromatic N) is 1. The maximum atomic E-state index is 11.7. The number of carbonyl (C=O) groups is 1. The maximum Gasteiger partial charge on any atom is 0.226 e. The van der Waals surface area contributed by atoms with Crippen LogP contribution in [0.3, 0.4) is 0 Å². The summed E-state index contributed by atoms with van der Waals surface area (Å²) in [7, 11) is 0. The fourth-order valence-corrected chi connectivity index (χ4v) is 2.61. The summed E-state index contributed by atoms with van der Waals surface area (Å²) < 4.78 is 0. The minimum Gasteiger partial charge on any atom is -0.319 e. The zero-order valence-electron chi connectivity index (χ0n) is 11.2. The third-order valence-electron chi connectivity index (χ3n) is 4.10. The van der Waals surface area contributed by atoms with E-state index in [4.69, 9.17) is 0 Å². The van der Waals surface area contributed by atoms with E-state index in [9.17, 15) is 4.79 Å². The van der Waals surface area contributed by atoms with E-state index in [2.05, 4.69) is 37.8 Å². The van der Waals surface area contributed by atoms with Crippen LogP contribution in [-0.2, 0) is 10.2 Å². The summed E-state index contributed by atoms with van der Waals surface area (Å²) in [5.74, 6) is 0.709. The molecule has 2 nitrogen and oxygen atoms in total. The molecule has 1 saturated carbocycles. The van der Waals surface area contributed by atoms with Gasteiger partial charge in [0.1, 0.15) is 0 Å². The van der Waals surface area contributed by atoms with Gasteiger partial charge < -0.3 is 4.90 Å². The van der Waals surface area contributed by atoms with Crippen molar-refractivity contribution in [1.82, 2.24) is 4.90 Å². The minimum absolute atomic E-state index is 0.160. The highest BCUT2D eigenvalue weighted by molar-refractivity contribution is 5.76. The van der Waals surface area contributed by atoms with Gasteiger partial charge in [0.15, 0.2) is 0 Å². The van der Waals surface area contributed by atoms with Gasteiger partial charge >= 0.3 is 0 Å². The van der Waals surface area contributed by atoms with Gasteiger partial charge in [-0.05, 0) is 29.5 Å². The van der Waals surface area contributed by atoms with E-state index < -0.39 is 0 Å². The number of hydrogen-bond acceptors (Lipinski definition) is 1. The lowest BCUT2D eigenvalue weighted by Crippen LogP contribution is -2.28. The summed E-state index contributed by atoms with van der Waals surface area (Å²) in [6.45, 7) is 8.70. The van der Waals surface area contributed by atoms with Crippen LogP contribution in [-0.4, -0.2) is 17.4 Å². The highest BCUT2D eigenvalue weighted by Crippen LogP contribution is 2.54. The normalized spacial score (nSPS) is 25.6. The summed E-state index contributed by atoms with van der Waals surface area (Å²) in [6.07, 6.45) is 3.36. The van der Waals surface area contributed by atoms with Crippen LogP contribution in [0.2, 0.25) is 0 Å². The number of benzene rings is 1. The van der Waals surface area contributed by atoms with Gasteiger partial charge in [-0.2, -0.15) is 0 Å². The van der Waals surface area contributed by atoms with Crippen molar-refractivity contribution in [1.29, 1.82) is 0 Å². The van der Waals surface area contributed by atoms with Crippen LogP contribution in [0.1, 0.15) is 32.3 Å². The highest BCUT2D eigenvalue weighted by Gasteiger charge is 2.51. The van der Waals surface area contributed by atoms with Crippen molar-refractivity contribution < 1.29 is 4.79 Å². The fourth-order valence-electron chi connectivity index (χ4n) is 2.61. The molecule has 1 fully saturated rings. The Morgan fingerprint density at radius 1 is 1.50 bits per heavy atom. The Morgan fingerprint density at radius 2 is 2.17 bits per heavy atom. The van der Waals surface area contributed by atoms with Crippen molar-refractivity contribution in [3.63, 3.8) is 0 Å². The topological polar surface area (TPSA) is 20.3 Å². The Kier molecular flexibility index (Phi) is 3.55. The van der Waals surface area contributed by atoms with Crippen LogP contribution >= 0.6 is 0 Å². The number of amides is 1. The van der Waals surface area contributed by atoms with Crippen LogP contribution in [0.25, 0.3) is 0 Å². The zero-order chi connectivity index (χ0) is 13.2. The summed E-state index contributed by atoms with van der Waals surface area (Å²) in [6, 6.07) is 10.6. The van der Waals surface area contributed by atoms with Crippen molar-refractivity contribution in [2.24, 2.45) is 5.92 Å². The van der Waals surface area contributed by atoms with Crippen LogP contribution in [0, 0.1) is 5.92 Å². The molecule has 2 unspecified atom stereocenters. The van der Waals surface area contributed by atoms with Gasteiger partial charge in [-0.15, -0.1) is 0 Å². The molecular formula is C16H21NO. The van der Waals surface area contributed by atoms with Gasteiger partial charge in [-0.25, -0.2) is 0 Å². The van der Waals surface area contributed by atoms with Crippen molar-refractivity contribution in [3.05, 3.63) is 48.7 Å². The SMILES string of the molecule is C=CN(CC1CC1(C)c1ccccc1)C(=O)CC. The molecule has 0 aliphatic heterocycles. The average molecular weight is 243 g/mol.